The molecule has 1 fully saturated rings. The van der Waals surface area contributed by atoms with E-state index < -0.39 is 0 Å². The largest absolute Gasteiger partial charge is 0.494 e. The molecule has 25 heavy (non-hydrogen) atoms. The first-order valence-corrected chi connectivity index (χ1v) is 9.01. The lowest BCUT2D eigenvalue weighted by Gasteiger charge is -2.16. The van der Waals surface area contributed by atoms with E-state index in [4.69, 9.17) is 4.74 Å². The summed E-state index contributed by atoms with van der Waals surface area (Å²) >= 11 is 0. The van der Waals surface area contributed by atoms with Crippen molar-refractivity contribution in [2.75, 3.05) is 20.2 Å². The second-order valence-electron chi connectivity index (χ2n) is 6.46. The molecular weight excluding hydrogens is 343 g/mol. The summed E-state index contributed by atoms with van der Waals surface area (Å²) in [5, 5.41) is 6.46. The maximum absolute atomic E-state index is 13.6. The average molecular weight is 373 g/mol. The normalized spacial score (nSPS) is 15.1. The Morgan fingerprint density at radius 3 is 2.56 bits per heavy atom. The van der Waals surface area contributed by atoms with Gasteiger partial charge in [0.2, 0.25) is 5.91 Å². The standard InChI is InChI=1S/C19H29FN2O2.ClH/c1-24-18-10-8-15(14-17(18)20)9-11-19(23)22-13-12-21-16-6-4-2-3-5-7-16;/h8,10,14,16,21H,2-7,9,11-13H2,1H3,(H,22,23);1H. The van der Waals surface area contributed by atoms with Gasteiger partial charge >= 0.3 is 0 Å². The number of nitrogens with one attached hydrogen (secondary N) is 2. The molecule has 1 aromatic carbocycles. The topological polar surface area (TPSA) is 50.4 Å². The minimum Gasteiger partial charge on any atom is -0.494 e. The molecule has 0 radical (unpaired) electrons. The molecule has 0 unspecified atom stereocenters. The van der Waals surface area contributed by atoms with Crippen LogP contribution in [0.2, 0.25) is 0 Å². The first-order valence-electron chi connectivity index (χ1n) is 9.01. The Bertz CT molecular complexity index is 520. The number of hydrogen-bond donors (Lipinski definition) is 2. The van der Waals surface area contributed by atoms with Crippen LogP contribution >= 0.6 is 12.4 Å². The van der Waals surface area contributed by atoms with Crippen LogP contribution in [0.25, 0.3) is 0 Å². The van der Waals surface area contributed by atoms with Crippen LogP contribution in [0.4, 0.5) is 4.39 Å². The molecule has 1 amide bonds. The van der Waals surface area contributed by atoms with E-state index in [-0.39, 0.29) is 29.9 Å². The molecule has 6 heteroatoms. The highest BCUT2D eigenvalue weighted by Crippen LogP contribution is 2.18. The molecule has 0 saturated heterocycles. The van der Waals surface area contributed by atoms with Gasteiger partial charge in [-0.15, -0.1) is 12.4 Å². The van der Waals surface area contributed by atoms with E-state index >= 15 is 0 Å². The van der Waals surface area contributed by atoms with Gasteiger partial charge in [0.15, 0.2) is 11.6 Å². The van der Waals surface area contributed by atoms with Crippen molar-refractivity contribution in [2.45, 2.75) is 57.4 Å². The summed E-state index contributed by atoms with van der Waals surface area (Å²) in [7, 11) is 1.44. The zero-order chi connectivity index (χ0) is 17.2. The van der Waals surface area contributed by atoms with Gasteiger partial charge in [0.05, 0.1) is 7.11 Å². The van der Waals surface area contributed by atoms with E-state index in [2.05, 4.69) is 10.6 Å². The first-order chi connectivity index (χ1) is 11.7. The maximum atomic E-state index is 13.6. The fraction of sp³-hybridized carbons (Fsp3) is 0.632. The second-order valence-corrected chi connectivity index (χ2v) is 6.46. The van der Waals surface area contributed by atoms with Gasteiger partial charge in [-0.25, -0.2) is 4.39 Å². The van der Waals surface area contributed by atoms with Crippen LogP contribution in [0.15, 0.2) is 18.2 Å². The maximum Gasteiger partial charge on any atom is 0.220 e. The van der Waals surface area contributed by atoms with E-state index in [0.29, 0.717) is 25.4 Å². The average Bonchev–Trinajstić information content (AvgIpc) is 2.86. The van der Waals surface area contributed by atoms with E-state index in [0.717, 1.165) is 12.1 Å². The molecule has 4 nitrogen and oxygen atoms in total. The Balaban J connectivity index is 0.00000312. The van der Waals surface area contributed by atoms with E-state index in [1.807, 2.05) is 0 Å². The third kappa shape index (κ3) is 8.06. The third-order valence-electron chi connectivity index (χ3n) is 4.59. The van der Waals surface area contributed by atoms with Crippen LogP contribution in [0.3, 0.4) is 0 Å². The van der Waals surface area contributed by atoms with Gasteiger partial charge in [-0.2, -0.15) is 0 Å². The summed E-state index contributed by atoms with van der Waals surface area (Å²) in [4.78, 5) is 11.9. The van der Waals surface area contributed by atoms with Gasteiger partial charge < -0.3 is 15.4 Å². The van der Waals surface area contributed by atoms with Crippen LogP contribution in [-0.2, 0) is 11.2 Å². The monoisotopic (exact) mass is 372 g/mol. The lowest BCUT2D eigenvalue weighted by molar-refractivity contribution is -0.121. The van der Waals surface area contributed by atoms with Gasteiger partial charge in [-0.05, 0) is 37.0 Å². The summed E-state index contributed by atoms with van der Waals surface area (Å²) in [6, 6.07) is 5.42. The summed E-state index contributed by atoms with van der Waals surface area (Å²) < 4.78 is 18.5. The highest BCUT2D eigenvalue weighted by Gasteiger charge is 2.11. The highest BCUT2D eigenvalue weighted by molar-refractivity contribution is 5.85. The molecule has 2 rings (SSSR count). The minimum atomic E-state index is -0.386. The molecule has 142 valence electrons. The van der Waals surface area contributed by atoms with Crippen LogP contribution in [-0.4, -0.2) is 32.1 Å². The molecule has 0 spiro atoms. The van der Waals surface area contributed by atoms with E-state index in [1.165, 1.54) is 51.7 Å². The number of ether oxygens (including phenoxy) is 1. The lowest BCUT2D eigenvalue weighted by Crippen LogP contribution is -2.36. The number of methoxy groups -OCH3 is 1. The Morgan fingerprint density at radius 1 is 1.20 bits per heavy atom. The van der Waals surface area contributed by atoms with Gasteiger partial charge in [0, 0.05) is 25.6 Å². The number of benzene rings is 1. The SMILES string of the molecule is COc1ccc(CCC(=O)NCCNC2CCCCCC2)cc1F.Cl. The smallest absolute Gasteiger partial charge is 0.220 e. The Labute approximate surface area is 156 Å². The molecule has 0 bridgehead atoms. The predicted octanol–water partition coefficient (Wildman–Crippen LogP) is 3.62. The molecule has 0 atom stereocenters. The van der Waals surface area contributed by atoms with Crippen LogP contribution in [0, 0.1) is 5.82 Å². The Morgan fingerprint density at radius 2 is 1.92 bits per heavy atom. The third-order valence-corrected chi connectivity index (χ3v) is 4.59. The number of carbonyl (C=O) groups is 1. The van der Waals surface area contributed by atoms with E-state index in [1.54, 1.807) is 12.1 Å². The quantitative estimate of drug-likeness (QED) is 0.541. The number of aryl methyl sites for hydroxylation is 1. The molecule has 0 heterocycles. The summed E-state index contributed by atoms with van der Waals surface area (Å²) in [6.07, 6.45) is 8.71. The van der Waals surface area contributed by atoms with Crippen molar-refractivity contribution >= 4 is 18.3 Å². The summed E-state index contributed by atoms with van der Waals surface area (Å²) in [5.41, 5.74) is 0.806. The van der Waals surface area contributed by atoms with Crippen molar-refractivity contribution in [2.24, 2.45) is 0 Å². The number of halogens is 2. The zero-order valence-electron chi connectivity index (χ0n) is 15.0. The molecule has 1 aliphatic rings. The van der Waals surface area contributed by atoms with Crippen LogP contribution < -0.4 is 15.4 Å². The van der Waals surface area contributed by atoms with E-state index in [9.17, 15) is 9.18 Å². The molecule has 0 aromatic heterocycles. The molecule has 1 saturated carbocycles. The second kappa shape index (κ2) is 12.1. The molecule has 2 N–H and O–H groups in total. The van der Waals surface area contributed by atoms with Crippen LogP contribution in [0.5, 0.6) is 5.75 Å². The molecular formula is C19H30ClFN2O2. The molecule has 1 aliphatic carbocycles. The Kier molecular flexibility index (Phi) is 10.5. The molecule has 1 aromatic rings. The number of carbonyl (C=O) groups excluding carboxylic acids is 1. The number of rotatable bonds is 8. The summed E-state index contributed by atoms with van der Waals surface area (Å²) in [6.45, 7) is 1.46. The fourth-order valence-corrected chi connectivity index (χ4v) is 3.17. The van der Waals surface area contributed by atoms with Crippen LogP contribution in [0.1, 0.15) is 50.5 Å². The van der Waals surface area contributed by atoms with Gasteiger partial charge in [0.1, 0.15) is 0 Å². The van der Waals surface area contributed by atoms with Gasteiger partial charge in [-0.3, -0.25) is 4.79 Å². The van der Waals surface area contributed by atoms with Gasteiger partial charge in [0.25, 0.3) is 0 Å². The summed E-state index contributed by atoms with van der Waals surface area (Å²) in [5.74, 6) is -0.148. The number of hydrogen-bond acceptors (Lipinski definition) is 3. The van der Waals surface area contributed by atoms with Crippen molar-refractivity contribution in [3.05, 3.63) is 29.6 Å². The van der Waals surface area contributed by atoms with Crippen molar-refractivity contribution in [3.8, 4) is 5.75 Å². The molecule has 0 aliphatic heterocycles. The minimum absolute atomic E-state index is 0. The lowest BCUT2D eigenvalue weighted by atomic mass is 10.1. The van der Waals surface area contributed by atoms with Gasteiger partial charge in [-0.1, -0.05) is 31.7 Å². The highest BCUT2D eigenvalue weighted by atomic mass is 35.5. The van der Waals surface area contributed by atoms with Crippen molar-refractivity contribution in [1.29, 1.82) is 0 Å². The first kappa shape index (κ1) is 21.7. The zero-order valence-corrected chi connectivity index (χ0v) is 15.8. The Hall–Kier alpha value is -1.33. The predicted molar refractivity (Wildman–Crippen MR) is 101 cm³/mol. The van der Waals surface area contributed by atoms with Crippen molar-refractivity contribution in [1.82, 2.24) is 10.6 Å². The number of amides is 1. The fourth-order valence-electron chi connectivity index (χ4n) is 3.17. The van der Waals surface area contributed by atoms with Crippen molar-refractivity contribution < 1.29 is 13.9 Å². The van der Waals surface area contributed by atoms with Crippen molar-refractivity contribution in [3.63, 3.8) is 0 Å².